The van der Waals surface area contributed by atoms with Crippen molar-refractivity contribution in [1.82, 2.24) is 29.9 Å². The van der Waals surface area contributed by atoms with E-state index in [2.05, 4.69) is 432 Å². The largest absolute Gasteiger partial charge is 0.208 e. The molecular formula is C121H76N6. The number of hydrogen-bond acceptors (Lipinski definition) is 6. The molecule has 127 heavy (non-hydrogen) atoms. The lowest BCUT2D eigenvalue weighted by Crippen LogP contribution is -2.43. The molecule has 0 radical (unpaired) electrons. The fraction of sp³-hybridized carbons (Fsp3) is 0.0579. The molecular weight excluding hydrogens is 1540 g/mol. The van der Waals surface area contributed by atoms with Gasteiger partial charge in [0.2, 0.25) is 0 Å². The average molecular weight is 1610 g/mol. The highest BCUT2D eigenvalue weighted by molar-refractivity contribution is 5.98. The predicted octanol–water partition coefficient (Wildman–Crippen LogP) is 27.8. The van der Waals surface area contributed by atoms with E-state index in [1.165, 1.54) is 156 Å². The maximum Gasteiger partial charge on any atom is 0.164 e. The topological polar surface area (TPSA) is 77.3 Å². The lowest BCUT2D eigenvalue weighted by molar-refractivity contribution is 0.633. The van der Waals surface area contributed by atoms with E-state index >= 15 is 0 Å². The molecule has 2 aromatic heterocycles. The van der Waals surface area contributed by atoms with Gasteiger partial charge in [-0.1, -0.05) is 408 Å². The Morgan fingerprint density at radius 3 is 0.638 bits per heavy atom. The minimum absolute atomic E-state index is 0.427. The van der Waals surface area contributed by atoms with E-state index in [4.69, 9.17) is 29.9 Å². The van der Waals surface area contributed by atoms with Gasteiger partial charge in [0.15, 0.2) is 34.9 Å². The van der Waals surface area contributed by atoms with Gasteiger partial charge in [-0.15, -0.1) is 0 Å². The van der Waals surface area contributed by atoms with Gasteiger partial charge < -0.3 is 0 Å². The average Bonchev–Trinajstić information content (AvgIpc) is 1.53. The molecule has 20 aromatic rings. The Morgan fingerprint density at radius 2 is 0.307 bits per heavy atom. The van der Waals surface area contributed by atoms with Crippen molar-refractivity contribution < 1.29 is 0 Å². The van der Waals surface area contributed by atoms with Gasteiger partial charge in [-0.2, -0.15) is 0 Å². The molecule has 0 N–H and O–H groups in total. The second kappa shape index (κ2) is 26.5. The smallest absolute Gasteiger partial charge is 0.164 e. The van der Waals surface area contributed by atoms with Crippen molar-refractivity contribution >= 4 is 0 Å². The van der Waals surface area contributed by atoms with Gasteiger partial charge >= 0.3 is 0 Å². The summed E-state index contributed by atoms with van der Waals surface area (Å²) in [5, 5.41) is 0. The first-order valence-electron chi connectivity index (χ1n) is 44.1. The molecule has 0 aliphatic heterocycles. The Kier molecular flexibility index (Phi) is 14.9. The predicted molar refractivity (Wildman–Crippen MR) is 511 cm³/mol. The van der Waals surface area contributed by atoms with Gasteiger partial charge in [0.1, 0.15) is 0 Å². The summed E-state index contributed by atoms with van der Waals surface area (Å²) >= 11 is 0. The molecule has 6 nitrogen and oxygen atoms in total. The number of fused-ring (bicyclic) bond motifs is 35. The monoisotopic (exact) mass is 1610 g/mol. The van der Waals surface area contributed by atoms with Crippen LogP contribution in [0.4, 0.5) is 0 Å². The van der Waals surface area contributed by atoms with Crippen molar-refractivity contribution in [3.63, 3.8) is 0 Å². The molecule has 2 heterocycles. The highest BCUT2D eigenvalue weighted by Gasteiger charge is 2.61. The molecule has 0 fully saturated rings. The minimum Gasteiger partial charge on any atom is -0.208 e. The van der Waals surface area contributed by atoms with Crippen molar-refractivity contribution in [2.75, 3.05) is 0 Å². The van der Waals surface area contributed by atoms with Crippen molar-refractivity contribution in [2.24, 2.45) is 0 Å². The van der Waals surface area contributed by atoms with E-state index in [9.17, 15) is 0 Å². The third-order valence-electron chi connectivity index (χ3n) is 29.4. The first kappa shape index (κ1) is 71.5. The van der Waals surface area contributed by atoms with Gasteiger partial charge in [0.25, 0.3) is 0 Å². The molecule has 0 amide bonds. The normalized spacial score (nSPS) is 14.9. The van der Waals surface area contributed by atoms with E-state index in [1.54, 1.807) is 0 Å². The van der Waals surface area contributed by atoms with Crippen LogP contribution < -0.4 is 0 Å². The van der Waals surface area contributed by atoms with Gasteiger partial charge in [0, 0.05) is 38.8 Å². The summed E-state index contributed by atoms with van der Waals surface area (Å²) < 4.78 is 0. The van der Waals surface area contributed by atoms with Crippen LogP contribution in [0.5, 0.6) is 0 Å². The van der Waals surface area contributed by atoms with Crippen LogP contribution in [-0.4, -0.2) is 29.9 Å². The van der Waals surface area contributed by atoms with Crippen LogP contribution >= 0.6 is 0 Å². The number of nitrogens with zero attached hydrogens (tertiary/aromatic N) is 6. The highest BCUT2D eigenvalue weighted by Crippen LogP contribution is 2.70. The molecule has 7 aliphatic carbocycles. The summed E-state index contributed by atoms with van der Waals surface area (Å²) in [6.07, 6.45) is 0. The Bertz CT molecular complexity index is 7950. The Labute approximate surface area is 736 Å². The number of hydrogen-bond donors (Lipinski definition) is 0. The summed E-state index contributed by atoms with van der Waals surface area (Å²) in [7, 11) is 0. The number of rotatable bonds is 8. The van der Waals surface area contributed by atoms with E-state index < -0.39 is 27.1 Å². The molecule has 7 aliphatic rings. The fourth-order valence-electron chi connectivity index (χ4n) is 24.2. The van der Waals surface area contributed by atoms with Gasteiger partial charge in [-0.05, 0) is 208 Å². The first-order chi connectivity index (χ1) is 62.7. The second-order valence-corrected chi connectivity index (χ2v) is 35.6. The summed E-state index contributed by atoms with van der Waals surface area (Å²) in [5.74, 6) is 3.60. The molecule has 6 heteroatoms. The molecule has 4 spiro atoms. The second-order valence-electron chi connectivity index (χ2n) is 35.6. The molecule has 0 saturated carbocycles. The summed E-state index contributed by atoms with van der Waals surface area (Å²) in [5.41, 5.74) is 42.2. The quantitative estimate of drug-likeness (QED) is 0.151. The van der Waals surface area contributed by atoms with Crippen molar-refractivity contribution in [3.8, 4) is 146 Å². The van der Waals surface area contributed by atoms with Crippen LogP contribution in [0.1, 0.15) is 114 Å². The van der Waals surface area contributed by atoms with Crippen LogP contribution in [0.2, 0.25) is 0 Å². The number of benzene rings is 18. The van der Waals surface area contributed by atoms with E-state index in [0.29, 0.717) is 34.9 Å². The Morgan fingerprint density at radius 1 is 0.126 bits per heavy atom. The van der Waals surface area contributed by atoms with Crippen LogP contribution in [-0.2, 0) is 27.1 Å². The molecule has 590 valence electrons. The summed E-state index contributed by atoms with van der Waals surface area (Å²) in [6.45, 7) is 4.72. The zero-order valence-electron chi connectivity index (χ0n) is 69.6. The van der Waals surface area contributed by atoms with Gasteiger partial charge in [-0.25, -0.2) is 29.9 Å². The van der Waals surface area contributed by atoms with Gasteiger partial charge in [-0.3, -0.25) is 0 Å². The summed E-state index contributed by atoms with van der Waals surface area (Å²) in [6, 6.07) is 158. The molecule has 27 rings (SSSR count). The first-order valence-corrected chi connectivity index (χ1v) is 44.1. The zero-order valence-corrected chi connectivity index (χ0v) is 69.6. The molecule has 0 atom stereocenters. The van der Waals surface area contributed by atoms with Crippen LogP contribution in [0.3, 0.4) is 0 Å². The SMILES string of the molecule is CC1(C)c2cc(-c3cccc(-c4nc(-c5ccc(-c6ccccc6)cc5)nc(-c5ccc6c(c5)C5(c7ccccc7-6)c6ccccc6C6(c7ccccc7-c7ccccc76)c6ccccc65)n4)c3)ccc2-c2ccc(-c3nc(-c4ccccc4)nc(-c4ccc5c(c4)C4(c6ccccc6-5)c5ccccc5C5(c6ccccc6-c6ccccc65)c5ccccc54)n3)cc21. The van der Waals surface area contributed by atoms with E-state index in [1.807, 2.05) is 6.07 Å². The van der Waals surface area contributed by atoms with Crippen molar-refractivity contribution in [2.45, 2.75) is 40.9 Å². The summed E-state index contributed by atoms with van der Waals surface area (Å²) in [4.78, 5) is 33.2. The van der Waals surface area contributed by atoms with E-state index in [-0.39, 0.29) is 0 Å². The number of aromatic nitrogens is 6. The Balaban J connectivity index is 0.565. The maximum absolute atomic E-state index is 5.63. The van der Waals surface area contributed by atoms with Crippen molar-refractivity contribution in [3.05, 3.63) is 525 Å². The van der Waals surface area contributed by atoms with Crippen LogP contribution in [0.15, 0.2) is 425 Å². The van der Waals surface area contributed by atoms with Crippen LogP contribution in [0.25, 0.3) is 146 Å². The molecule has 18 aromatic carbocycles. The third-order valence-corrected chi connectivity index (χ3v) is 29.4. The fourth-order valence-corrected chi connectivity index (χ4v) is 24.2. The van der Waals surface area contributed by atoms with Crippen LogP contribution in [0, 0.1) is 0 Å². The third kappa shape index (κ3) is 9.57. The molecule has 0 saturated heterocycles. The van der Waals surface area contributed by atoms with Gasteiger partial charge in [0.05, 0.1) is 21.7 Å². The standard InChI is InChI=1S/C121H76N6/c1-117(2)107-69-78(60-64-89(107)90-65-61-80(70-108(90)117)114-122-111(75-32-7-4-8-33-75)123-115(127-114)81-62-66-91-87-40-13-19-46-97(87)120(109(91)71-81)103-52-25-21-48-99(103)118(100-49-22-26-53-104(100)120)93-42-15-9-36-83(93)84-37-10-16-43-94(84)118)77-34-29-35-79(68-77)113-124-112(76-58-56-74(57-59-76)73-30-5-3-6-31-73)125-116(126-113)82-63-67-92-88-41-14-20-47-98(88)121(110(92)72-82)105-54-27-23-50-101(105)119(102-51-24-28-55-106(102)121)95-44-17-11-38-85(95)86-39-12-18-45-96(86)119/h3-72H,1-2H3. The minimum atomic E-state index is -0.710. The lowest BCUT2D eigenvalue weighted by Gasteiger charge is -2.48. The molecule has 0 bridgehead atoms. The zero-order chi connectivity index (χ0) is 83.6. The maximum atomic E-state index is 5.63. The van der Waals surface area contributed by atoms with E-state index in [0.717, 1.165) is 55.6 Å². The lowest BCUT2D eigenvalue weighted by atomic mass is 9.52. The molecule has 0 unspecified atom stereocenters. The van der Waals surface area contributed by atoms with Crippen molar-refractivity contribution in [1.29, 1.82) is 0 Å². The highest BCUT2D eigenvalue weighted by atomic mass is 15.0. The Hall–Kier alpha value is -16.0.